The fourth-order valence-corrected chi connectivity index (χ4v) is 1.74. The molecule has 0 aliphatic rings. The van der Waals surface area contributed by atoms with Gasteiger partial charge in [0.15, 0.2) is 0 Å². The third-order valence-electron chi connectivity index (χ3n) is 2.09. The van der Waals surface area contributed by atoms with E-state index in [1.807, 2.05) is 24.3 Å². The molecule has 72 valence electrons. The monoisotopic (exact) mass is 245 g/mol. The van der Waals surface area contributed by atoms with Crippen molar-refractivity contribution in [2.24, 2.45) is 5.73 Å². The van der Waals surface area contributed by atoms with Crippen molar-refractivity contribution in [1.29, 1.82) is 0 Å². The summed E-state index contributed by atoms with van der Waals surface area (Å²) in [6.07, 6.45) is -0.903. The van der Waals surface area contributed by atoms with Gasteiger partial charge in [-0.1, -0.05) is 28.1 Å². The minimum atomic E-state index is -0.903. The fraction of sp³-hybridized carbons (Fsp3) is 0.400. The lowest BCUT2D eigenvalue weighted by molar-refractivity contribution is 0.308. The molecule has 3 heteroatoms. The molecule has 1 nitrogen and oxygen atoms in total. The molecule has 1 aromatic rings. The lowest BCUT2D eigenvalue weighted by Gasteiger charge is -2.16. The van der Waals surface area contributed by atoms with Crippen molar-refractivity contribution in [2.75, 3.05) is 6.54 Å². The zero-order chi connectivity index (χ0) is 9.84. The number of nitrogens with two attached hydrogens (primary N) is 1. The van der Waals surface area contributed by atoms with Crippen molar-refractivity contribution < 1.29 is 4.39 Å². The van der Waals surface area contributed by atoms with Crippen molar-refractivity contribution in [2.45, 2.75) is 19.0 Å². The largest absolute Gasteiger partial charge is 0.330 e. The molecule has 0 heterocycles. The summed E-state index contributed by atoms with van der Waals surface area (Å²) in [5, 5.41) is 0. The first kappa shape index (κ1) is 10.7. The Morgan fingerprint density at radius 3 is 2.69 bits per heavy atom. The average Bonchev–Trinajstić information content (AvgIpc) is 2.04. The zero-order valence-electron chi connectivity index (χ0n) is 7.50. The van der Waals surface area contributed by atoms with Gasteiger partial charge in [-0.05, 0) is 24.6 Å². The van der Waals surface area contributed by atoms with Crippen LogP contribution in [-0.2, 0) is 0 Å². The number of rotatable bonds is 3. The summed E-state index contributed by atoms with van der Waals surface area (Å²) in [6, 6.07) is 7.62. The Labute approximate surface area is 86.3 Å². The molecule has 0 radical (unpaired) electrons. The van der Waals surface area contributed by atoms with E-state index in [0.29, 0.717) is 6.54 Å². The van der Waals surface area contributed by atoms with Crippen molar-refractivity contribution in [3.05, 3.63) is 34.3 Å². The molecule has 0 fully saturated rings. The minimum Gasteiger partial charge on any atom is -0.330 e. The number of halogens is 2. The normalized spacial score (nSPS) is 15.4. The quantitative estimate of drug-likeness (QED) is 0.871. The summed E-state index contributed by atoms with van der Waals surface area (Å²) in [5.41, 5.74) is 6.45. The summed E-state index contributed by atoms with van der Waals surface area (Å²) < 4.78 is 14.1. The van der Waals surface area contributed by atoms with Crippen LogP contribution >= 0.6 is 15.9 Å². The molecule has 13 heavy (non-hydrogen) atoms. The lowest BCUT2D eigenvalue weighted by atomic mass is 9.95. The van der Waals surface area contributed by atoms with Gasteiger partial charge in [0.05, 0.1) is 0 Å². The smallest absolute Gasteiger partial charge is 0.105 e. The Morgan fingerprint density at radius 1 is 1.54 bits per heavy atom. The van der Waals surface area contributed by atoms with E-state index in [1.165, 1.54) is 0 Å². The fourth-order valence-electron chi connectivity index (χ4n) is 1.33. The van der Waals surface area contributed by atoms with Crippen LogP contribution in [0.15, 0.2) is 28.7 Å². The van der Waals surface area contributed by atoms with Crippen LogP contribution < -0.4 is 5.73 Å². The summed E-state index contributed by atoms with van der Waals surface area (Å²) in [7, 11) is 0. The van der Waals surface area contributed by atoms with Crippen molar-refractivity contribution in [1.82, 2.24) is 0 Å². The van der Waals surface area contributed by atoms with Crippen LogP contribution in [0.4, 0.5) is 4.39 Å². The molecular weight excluding hydrogens is 233 g/mol. The Hall–Kier alpha value is -0.410. The predicted molar refractivity (Wildman–Crippen MR) is 56.5 cm³/mol. The number of benzene rings is 1. The molecule has 1 rings (SSSR count). The highest BCUT2D eigenvalue weighted by atomic mass is 79.9. The van der Waals surface area contributed by atoms with Gasteiger partial charge in [-0.2, -0.15) is 0 Å². The molecular formula is C10H13BrFN. The highest BCUT2D eigenvalue weighted by molar-refractivity contribution is 9.10. The van der Waals surface area contributed by atoms with E-state index in [2.05, 4.69) is 15.9 Å². The molecule has 0 spiro atoms. The third kappa shape index (κ3) is 2.78. The van der Waals surface area contributed by atoms with Gasteiger partial charge in [-0.15, -0.1) is 0 Å². The highest BCUT2D eigenvalue weighted by Gasteiger charge is 2.16. The molecule has 0 aliphatic heterocycles. The lowest BCUT2D eigenvalue weighted by Crippen LogP contribution is -2.20. The van der Waals surface area contributed by atoms with Gasteiger partial charge in [0.2, 0.25) is 0 Å². The van der Waals surface area contributed by atoms with Crippen LogP contribution in [0.25, 0.3) is 0 Å². The van der Waals surface area contributed by atoms with Gasteiger partial charge in [0, 0.05) is 16.9 Å². The second kappa shape index (κ2) is 4.72. The highest BCUT2D eigenvalue weighted by Crippen LogP contribution is 2.23. The van der Waals surface area contributed by atoms with Crippen LogP contribution in [0.5, 0.6) is 0 Å². The number of hydrogen-bond acceptors (Lipinski definition) is 1. The summed E-state index contributed by atoms with van der Waals surface area (Å²) in [4.78, 5) is 0. The van der Waals surface area contributed by atoms with Crippen molar-refractivity contribution in [3.8, 4) is 0 Å². The Kier molecular flexibility index (Phi) is 3.88. The van der Waals surface area contributed by atoms with E-state index >= 15 is 0 Å². The van der Waals surface area contributed by atoms with E-state index in [1.54, 1.807) is 6.92 Å². The van der Waals surface area contributed by atoms with Crippen LogP contribution in [0.3, 0.4) is 0 Å². The molecule has 0 saturated heterocycles. The third-order valence-corrected chi connectivity index (χ3v) is 2.58. The molecule has 0 aliphatic carbocycles. The van der Waals surface area contributed by atoms with Crippen LogP contribution in [-0.4, -0.2) is 12.7 Å². The van der Waals surface area contributed by atoms with Gasteiger partial charge in [-0.25, -0.2) is 4.39 Å². The van der Waals surface area contributed by atoms with Gasteiger partial charge in [0.25, 0.3) is 0 Å². The van der Waals surface area contributed by atoms with Gasteiger partial charge in [0.1, 0.15) is 6.17 Å². The molecule has 0 bridgehead atoms. The average molecular weight is 246 g/mol. The van der Waals surface area contributed by atoms with E-state index in [9.17, 15) is 4.39 Å². The number of alkyl halides is 1. The molecule has 2 unspecified atom stereocenters. The predicted octanol–water partition coefficient (Wildman–Crippen LogP) is 2.85. The zero-order valence-corrected chi connectivity index (χ0v) is 9.09. The van der Waals surface area contributed by atoms with Gasteiger partial charge in [-0.3, -0.25) is 0 Å². The second-order valence-corrected chi connectivity index (χ2v) is 3.99. The maximum Gasteiger partial charge on any atom is 0.105 e. The van der Waals surface area contributed by atoms with Gasteiger partial charge < -0.3 is 5.73 Å². The second-order valence-electron chi connectivity index (χ2n) is 3.07. The van der Waals surface area contributed by atoms with E-state index in [-0.39, 0.29) is 5.92 Å². The molecule has 0 saturated carbocycles. The molecule has 0 amide bonds. The molecule has 1 aromatic carbocycles. The van der Waals surface area contributed by atoms with Crippen LogP contribution in [0.2, 0.25) is 0 Å². The first-order valence-corrected chi connectivity index (χ1v) is 5.04. The van der Waals surface area contributed by atoms with Gasteiger partial charge >= 0.3 is 0 Å². The standard InChI is InChI=1S/C10H13BrFN/c1-7(12)10(6-13)8-3-2-4-9(11)5-8/h2-5,7,10H,6,13H2,1H3. The summed E-state index contributed by atoms with van der Waals surface area (Å²) in [6.45, 7) is 1.88. The Bertz CT molecular complexity index is 275. The topological polar surface area (TPSA) is 26.0 Å². The van der Waals surface area contributed by atoms with Crippen LogP contribution in [0.1, 0.15) is 18.4 Å². The Morgan fingerprint density at radius 2 is 2.23 bits per heavy atom. The van der Waals surface area contributed by atoms with E-state index in [4.69, 9.17) is 5.73 Å². The molecule has 2 atom stereocenters. The van der Waals surface area contributed by atoms with E-state index in [0.717, 1.165) is 10.0 Å². The Balaban J connectivity index is 2.91. The van der Waals surface area contributed by atoms with Crippen molar-refractivity contribution >= 4 is 15.9 Å². The minimum absolute atomic E-state index is 0.197. The SMILES string of the molecule is CC(F)C(CN)c1cccc(Br)c1. The van der Waals surface area contributed by atoms with Crippen LogP contribution in [0, 0.1) is 0 Å². The molecule has 2 N–H and O–H groups in total. The first-order chi connectivity index (χ1) is 6.15. The maximum absolute atomic E-state index is 13.1. The van der Waals surface area contributed by atoms with E-state index < -0.39 is 6.17 Å². The molecule has 0 aromatic heterocycles. The summed E-state index contributed by atoms with van der Waals surface area (Å²) in [5.74, 6) is -0.197. The summed E-state index contributed by atoms with van der Waals surface area (Å²) >= 11 is 3.35. The van der Waals surface area contributed by atoms with Crippen molar-refractivity contribution in [3.63, 3.8) is 0 Å². The first-order valence-electron chi connectivity index (χ1n) is 4.24. The maximum atomic E-state index is 13.1. The number of hydrogen-bond donors (Lipinski definition) is 1.